The number of thioether (sulfide) groups is 1. The summed E-state index contributed by atoms with van der Waals surface area (Å²) in [6.07, 6.45) is 6.04. The minimum absolute atomic E-state index is 0.650. The lowest BCUT2D eigenvalue weighted by Gasteiger charge is -2.07. The van der Waals surface area contributed by atoms with Crippen molar-refractivity contribution in [2.24, 2.45) is 0 Å². The van der Waals surface area contributed by atoms with E-state index in [1.807, 2.05) is 0 Å². The number of hydrogen-bond acceptors (Lipinski definition) is 5. The lowest BCUT2D eigenvalue weighted by molar-refractivity contribution is 0.627. The molecule has 2 fully saturated rings. The molecule has 0 unspecified atom stereocenters. The van der Waals surface area contributed by atoms with Gasteiger partial charge in [-0.2, -0.15) is 0 Å². The van der Waals surface area contributed by atoms with Gasteiger partial charge in [-0.25, -0.2) is 4.98 Å². The molecule has 1 aromatic carbocycles. The Kier molecular flexibility index (Phi) is 4.10. The van der Waals surface area contributed by atoms with Crippen LogP contribution < -0.4 is 0 Å². The molecule has 2 heterocycles. The summed E-state index contributed by atoms with van der Waals surface area (Å²) < 4.78 is 2.42. The highest BCUT2D eigenvalue weighted by Gasteiger charge is 2.36. The molecule has 5 rings (SSSR count). The van der Waals surface area contributed by atoms with Crippen molar-refractivity contribution in [2.75, 3.05) is 0 Å². The summed E-state index contributed by atoms with van der Waals surface area (Å²) in [5.41, 5.74) is 2.47. The van der Waals surface area contributed by atoms with Gasteiger partial charge in [-0.3, -0.25) is 0 Å². The standard InChI is InChI=1S/C19H20N4S2/c1-2-4-13(5-3-1)10-17-20-15(11-24-17)12-25-19-22-21-18(14-6-7-14)23(19)16-8-9-16/h1-5,11,14,16H,6-10,12H2. The first-order valence-electron chi connectivity index (χ1n) is 8.91. The van der Waals surface area contributed by atoms with E-state index in [1.54, 1.807) is 23.1 Å². The van der Waals surface area contributed by atoms with Crippen LogP contribution in [-0.2, 0) is 12.2 Å². The van der Waals surface area contributed by atoms with Crippen LogP contribution in [-0.4, -0.2) is 19.7 Å². The van der Waals surface area contributed by atoms with Crippen molar-refractivity contribution in [3.05, 3.63) is 57.8 Å². The van der Waals surface area contributed by atoms with Crippen molar-refractivity contribution in [3.8, 4) is 0 Å². The predicted octanol–water partition coefficient (Wildman–Crippen LogP) is 4.83. The summed E-state index contributed by atoms with van der Waals surface area (Å²) in [6, 6.07) is 11.2. The van der Waals surface area contributed by atoms with Crippen molar-refractivity contribution in [1.29, 1.82) is 0 Å². The molecule has 0 bridgehead atoms. The van der Waals surface area contributed by atoms with Gasteiger partial charge in [-0.15, -0.1) is 21.5 Å². The van der Waals surface area contributed by atoms with Gasteiger partial charge >= 0.3 is 0 Å². The molecule has 6 heteroatoms. The van der Waals surface area contributed by atoms with Gasteiger partial charge in [0.1, 0.15) is 5.82 Å². The molecule has 0 spiro atoms. The average Bonchev–Trinajstić information content (AvgIpc) is 3.57. The van der Waals surface area contributed by atoms with Crippen molar-refractivity contribution < 1.29 is 0 Å². The SMILES string of the molecule is c1ccc(Cc2nc(CSc3nnc(C4CC4)n3C3CC3)cs2)cc1. The van der Waals surface area contributed by atoms with Gasteiger partial charge in [0.05, 0.1) is 10.7 Å². The van der Waals surface area contributed by atoms with E-state index in [-0.39, 0.29) is 0 Å². The van der Waals surface area contributed by atoms with E-state index in [4.69, 9.17) is 4.98 Å². The third-order valence-electron chi connectivity index (χ3n) is 4.69. The Morgan fingerprint density at radius 1 is 1.08 bits per heavy atom. The average molecular weight is 369 g/mol. The lowest BCUT2D eigenvalue weighted by atomic mass is 10.2. The van der Waals surface area contributed by atoms with E-state index in [9.17, 15) is 0 Å². The second kappa shape index (κ2) is 6.57. The molecule has 4 nitrogen and oxygen atoms in total. The fourth-order valence-corrected chi connectivity index (χ4v) is 4.93. The molecule has 0 amide bonds. The van der Waals surface area contributed by atoms with E-state index in [2.05, 4.69) is 50.5 Å². The zero-order chi connectivity index (χ0) is 16.6. The quantitative estimate of drug-likeness (QED) is 0.560. The largest absolute Gasteiger partial charge is 0.303 e. The van der Waals surface area contributed by atoms with Crippen LogP contribution in [0.15, 0.2) is 40.9 Å². The molecular weight excluding hydrogens is 348 g/mol. The number of thiazole rings is 1. The van der Waals surface area contributed by atoms with Crippen LogP contribution in [0.4, 0.5) is 0 Å². The molecule has 2 aliphatic carbocycles. The van der Waals surface area contributed by atoms with Crippen molar-refractivity contribution in [2.45, 2.75) is 55.0 Å². The van der Waals surface area contributed by atoms with Crippen LogP contribution in [0.5, 0.6) is 0 Å². The summed E-state index contributed by atoms with van der Waals surface area (Å²) in [5, 5.41) is 13.4. The molecular formula is C19H20N4S2. The lowest BCUT2D eigenvalue weighted by Crippen LogP contribution is -2.02. The Hall–Kier alpha value is -1.66. The Morgan fingerprint density at radius 2 is 1.92 bits per heavy atom. The van der Waals surface area contributed by atoms with E-state index in [0.29, 0.717) is 12.0 Å². The van der Waals surface area contributed by atoms with Crippen LogP contribution in [0.2, 0.25) is 0 Å². The van der Waals surface area contributed by atoms with Gasteiger partial charge in [-0.1, -0.05) is 42.1 Å². The van der Waals surface area contributed by atoms with Crippen LogP contribution in [0.3, 0.4) is 0 Å². The summed E-state index contributed by atoms with van der Waals surface area (Å²) in [7, 11) is 0. The molecule has 0 aliphatic heterocycles. The molecule has 0 N–H and O–H groups in total. The molecule has 0 atom stereocenters. The minimum Gasteiger partial charge on any atom is -0.303 e. The Balaban J connectivity index is 1.26. The number of hydrogen-bond donors (Lipinski definition) is 0. The fraction of sp³-hybridized carbons (Fsp3) is 0.421. The first kappa shape index (κ1) is 15.6. The maximum Gasteiger partial charge on any atom is 0.191 e. The molecule has 0 radical (unpaired) electrons. The molecule has 25 heavy (non-hydrogen) atoms. The third-order valence-corrected chi connectivity index (χ3v) is 6.57. The second-order valence-electron chi connectivity index (χ2n) is 6.90. The second-order valence-corrected chi connectivity index (χ2v) is 8.79. The highest BCUT2D eigenvalue weighted by atomic mass is 32.2. The number of rotatable bonds is 7. The molecule has 2 aliphatic rings. The highest BCUT2D eigenvalue weighted by molar-refractivity contribution is 7.98. The zero-order valence-corrected chi connectivity index (χ0v) is 15.6. The molecule has 2 saturated carbocycles. The normalized spacial score (nSPS) is 17.1. The van der Waals surface area contributed by atoms with Crippen molar-refractivity contribution >= 4 is 23.1 Å². The van der Waals surface area contributed by atoms with E-state index >= 15 is 0 Å². The maximum absolute atomic E-state index is 4.81. The Bertz CT molecular complexity index is 863. The summed E-state index contributed by atoms with van der Waals surface area (Å²) in [6.45, 7) is 0. The van der Waals surface area contributed by atoms with Crippen LogP contribution in [0.25, 0.3) is 0 Å². The number of aromatic nitrogens is 4. The van der Waals surface area contributed by atoms with Crippen LogP contribution >= 0.6 is 23.1 Å². The smallest absolute Gasteiger partial charge is 0.191 e. The van der Waals surface area contributed by atoms with Gasteiger partial charge in [-0.05, 0) is 31.2 Å². The van der Waals surface area contributed by atoms with E-state index in [1.165, 1.54) is 42.1 Å². The topological polar surface area (TPSA) is 43.6 Å². The number of benzene rings is 1. The summed E-state index contributed by atoms with van der Waals surface area (Å²) in [4.78, 5) is 4.81. The first-order chi connectivity index (χ1) is 12.4. The minimum atomic E-state index is 0.650. The molecule has 3 aromatic rings. The van der Waals surface area contributed by atoms with Crippen LogP contribution in [0, 0.1) is 0 Å². The van der Waals surface area contributed by atoms with Gasteiger partial charge < -0.3 is 4.57 Å². The van der Waals surface area contributed by atoms with Gasteiger partial charge in [0.25, 0.3) is 0 Å². The van der Waals surface area contributed by atoms with Gasteiger partial charge in [0, 0.05) is 29.5 Å². The molecule has 2 aromatic heterocycles. The van der Waals surface area contributed by atoms with E-state index in [0.717, 1.165) is 23.0 Å². The van der Waals surface area contributed by atoms with E-state index < -0.39 is 0 Å². The Labute approximate surface area is 155 Å². The monoisotopic (exact) mass is 368 g/mol. The summed E-state index contributed by atoms with van der Waals surface area (Å²) >= 11 is 3.54. The van der Waals surface area contributed by atoms with Crippen LogP contribution in [0.1, 0.15) is 59.7 Å². The Morgan fingerprint density at radius 3 is 2.68 bits per heavy atom. The van der Waals surface area contributed by atoms with Crippen molar-refractivity contribution in [1.82, 2.24) is 19.7 Å². The molecule has 0 saturated heterocycles. The number of nitrogens with zero attached hydrogens (tertiary/aromatic N) is 4. The predicted molar refractivity (Wildman–Crippen MR) is 101 cm³/mol. The molecule has 128 valence electrons. The maximum atomic E-state index is 4.81. The highest BCUT2D eigenvalue weighted by Crippen LogP contribution is 2.46. The zero-order valence-electron chi connectivity index (χ0n) is 14.0. The van der Waals surface area contributed by atoms with Gasteiger partial charge in [0.15, 0.2) is 5.16 Å². The third kappa shape index (κ3) is 3.51. The van der Waals surface area contributed by atoms with Gasteiger partial charge in [0.2, 0.25) is 0 Å². The first-order valence-corrected chi connectivity index (χ1v) is 10.8. The van der Waals surface area contributed by atoms with Crippen molar-refractivity contribution in [3.63, 3.8) is 0 Å². The fourth-order valence-electron chi connectivity index (χ4n) is 3.09. The summed E-state index contributed by atoms with van der Waals surface area (Å²) in [5.74, 6) is 2.77.